The Morgan fingerprint density at radius 3 is 2.15 bits per heavy atom. The molecule has 0 bridgehead atoms. The zero-order valence-corrected chi connectivity index (χ0v) is 6.38. The third-order valence-electron chi connectivity index (χ3n) is 1.05. The fraction of sp³-hybridized carbons (Fsp3) is 0.600. The lowest BCUT2D eigenvalue weighted by Gasteiger charge is -2.13. The second kappa shape index (κ2) is 3.97. The van der Waals surface area contributed by atoms with Crippen molar-refractivity contribution in [2.24, 2.45) is 16.5 Å². The quantitative estimate of drug-likeness (QED) is 0.427. The number of carboxylic acid groups (broad SMARTS) is 1. The first-order valence-electron chi connectivity index (χ1n) is 3.10. The van der Waals surface area contributed by atoms with Crippen molar-refractivity contribution in [1.29, 1.82) is 0 Å². The lowest BCUT2D eigenvalue weighted by molar-refractivity contribution is -0.160. The summed E-state index contributed by atoms with van der Waals surface area (Å²) in [5.41, 5.74) is 9.40. The van der Waals surface area contributed by atoms with E-state index in [0.29, 0.717) is 0 Å². The van der Waals surface area contributed by atoms with Crippen LogP contribution in [0.5, 0.6) is 0 Å². The summed E-state index contributed by atoms with van der Waals surface area (Å²) in [7, 11) is 0. The molecule has 0 aromatic carbocycles. The van der Waals surface area contributed by atoms with Crippen molar-refractivity contribution >= 4 is 11.9 Å². The number of hydrogen-bond donors (Lipinski definition) is 3. The van der Waals surface area contributed by atoms with Crippen molar-refractivity contribution < 1.29 is 23.1 Å². The second-order valence-corrected chi connectivity index (χ2v) is 2.21. The number of carbonyl (C=O) groups is 1. The zero-order chi connectivity index (χ0) is 10.6. The lowest BCUT2D eigenvalue weighted by Crippen LogP contribution is -2.34. The number of halogens is 3. The smallest absolute Gasteiger partial charge is 0.411 e. The summed E-state index contributed by atoms with van der Waals surface area (Å²) in [4.78, 5) is 12.7. The van der Waals surface area contributed by atoms with Gasteiger partial charge in [-0.1, -0.05) is 0 Å². The van der Waals surface area contributed by atoms with E-state index >= 15 is 0 Å². The molecule has 0 rings (SSSR count). The monoisotopic (exact) mass is 199 g/mol. The highest BCUT2D eigenvalue weighted by Gasteiger charge is 2.41. The van der Waals surface area contributed by atoms with E-state index in [4.69, 9.17) is 16.6 Å². The predicted molar refractivity (Wildman–Crippen MR) is 37.9 cm³/mol. The number of nitrogens with two attached hydrogens (primary N) is 2. The summed E-state index contributed by atoms with van der Waals surface area (Å²) in [5.74, 6) is -2.41. The first-order valence-corrected chi connectivity index (χ1v) is 3.10. The number of aliphatic carboxylic acids is 1. The molecule has 0 saturated carbocycles. The minimum atomic E-state index is -4.75. The van der Waals surface area contributed by atoms with Crippen LogP contribution in [0.15, 0.2) is 4.99 Å². The molecule has 0 spiro atoms. The summed E-state index contributed by atoms with van der Waals surface area (Å²) < 4.78 is 35.9. The average molecular weight is 199 g/mol. The summed E-state index contributed by atoms with van der Waals surface area (Å²) in [6.07, 6.45) is -5.93. The van der Waals surface area contributed by atoms with Crippen molar-refractivity contribution in [3.63, 3.8) is 0 Å². The standard InChI is InChI=1S/C5H8F3N3O2/c6-5(7,8)2(1-3(12)13)11-4(9)10/h2H,1H2,(H,12,13)(H4,9,10,11)/t2-/m1/s1. The van der Waals surface area contributed by atoms with Gasteiger partial charge in [0.15, 0.2) is 12.0 Å². The maximum absolute atomic E-state index is 12.0. The van der Waals surface area contributed by atoms with Crippen molar-refractivity contribution in [1.82, 2.24) is 0 Å². The molecular formula is C5H8F3N3O2. The Balaban J connectivity index is 4.57. The molecule has 5 N–H and O–H groups in total. The number of aliphatic imine (C=N–C) groups is 1. The summed E-state index contributed by atoms with van der Waals surface area (Å²) in [5, 5.41) is 8.11. The van der Waals surface area contributed by atoms with E-state index in [9.17, 15) is 18.0 Å². The number of carboxylic acids is 1. The largest absolute Gasteiger partial charge is 0.481 e. The minimum Gasteiger partial charge on any atom is -0.481 e. The fourth-order valence-electron chi connectivity index (χ4n) is 0.580. The van der Waals surface area contributed by atoms with Gasteiger partial charge in [-0.2, -0.15) is 13.2 Å². The Bertz CT molecular complexity index is 222. The molecule has 0 aliphatic rings. The normalized spacial score (nSPS) is 13.5. The van der Waals surface area contributed by atoms with Gasteiger partial charge in [0.05, 0.1) is 6.42 Å². The van der Waals surface area contributed by atoms with Gasteiger partial charge in [0.1, 0.15) is 0 Å². The number of alkyl halides is 3. The van der Waals surface area contributed by atoms with Crippen LogP contribution in [0.1, 0.15) is 6.42 Å². The van der Waals surface area contributed by atoms with Gasteiger partial charge >= 0.3 is 12.1 Å². The van der Waals surface area contributed by atoms with Crippen LogP contribution in [0.4, 0.5) is 13.2 Å². The Labute approximate surface area is 71.2 Å². The molecule has 0 radical (unpaired) electrons. The minimum absolute atomic E-state index is 0.788. The van der Waals surface area contributed by atoms with E-state index in [1.165, 1.54) is 0 Å². The summed E-state index contributed by atoms with van der Waals surface area (Å²) in [6.45, 7) is 0. The highest BCUT2D eigenvalue weighted by molar-refractivity contribution is 5.76. The molecule has 76 valence electrons. The molecule has 0 saturated heterocycles. The molecule has 0 aromatic heterocycles. The van der Waals surface area contributed by atoms with Gasteiger partial charge in [-0.3, -0.25) is 4.79 Å². The van der Waals surface area contributed by atoms with Crippen molar-refractivity contribution in [3.05, 3.63) is 0 Å². The van der Waals surface area contributed by atoms with E-state index in [1.54, 1.807) is 0 Å². The topological polar surface area (TPSA) is 102 Å². The molecule has 13 heavy (non-hydrogen) atoms. The molecule has 0 aliphatic carbocycles. The van der Waals surface area contributed by atoms with Crippen LogP contribution < -0.4 is 11.5 Å². The van der Waals surface area contributed by atoms with Crippen LogP contribution in [0, 0.1) is 0 Å². The Morgan fingerprint density at radius 1 is 1.46 bits per heavy atom. The van der Waals surface area contributed by atoms with Gasteiger partial charge < -0.3 is 16.6 Å². The van der Waals surface area contributed by atoms with Gasteiger partial charge in [-0.15, -0.1) is 0 Å². The van der Waals surface area contributed by atoms with Crippen LogP contribution in [0.2, 0.25) is 0 Å². The van der Waals surface area contributed by atoms with Crippen LogP contribution in [0.3, 0.4) is 0 Å². The Morgan fingerprint density at radius 2 is 1.92 bits per heavy atom. The van der Waals surface area contributed by atoms with Gasteiger partial charge in [0.25, 0.3) is 0 Å². The molecule has 0 aromatic rings. The van der Waals surface area contributed by atoms with Crippen LogP contribution in [-0.2, 0) is 4.79 Å². The molecule has 1 atom stereocenters. The van der Waals surface area contributed by atoms with Crippen molar-refractivity contribution in [2.45, 2.75) is 18.6 Å². The SMILES string of the molecule is NC(N)=N[C@H](CC(=O)O)C(F)(F)F. The third-order valence-corrected chi connectivity index (χ3v) is 1.05. The molecule has 0 aliphatic heterocycles. The second-order valence-electron chi connectivity index (χ2n) is 2.21. The molecule has 5 nitrogen and oxygen atoms in total. The molecule has 0 fully saturated rings. The maximum atomic E-state index is 12.0. The van der Waals surface area contributed by atoms with E-state index in [2.05, 4.69) is 4.99 Å². The maximum Gasteiger partial charge on any atom is 0.411 e. The van der Waals surface area contributed by atoms with E-state index in [0.717, 1.165) is 0 Å². The van der Waals surface area contributed by atoms with Gasteiger partial charge in [-0.05, 0) is 0 Å². The van der Waals surface area contributed by atoms with Crippen LogP contribution >= 0.6 is 0 Å². The number of rotatable bonds is 3. The van der Waals surface area contributed by atoms with Gasteiger partial charge in [-0.25, -0.2) is 4.99 Å². The first kappa shape index (κ1) is 11.5. The average Bonchev–Trinajstić information content (AvgIpc) is 1.81. The van der Waals surface area contributed by atoms with E-state index < -0.39 is 30.6 Å². The molecule has 8 heteroatoms. The van der Waals surface area contributed by atoms with E-state index in [-0.39, 0.29) is 0 Å². The fourth-order valence-corrected chi connectivity index (χ4v) is 0.580. The summed E-state index contributed by atoms with van der Waals surface area (Å²) in [6, 6.07) is -2.38. The predicted octanol–water partition coefficient (Wildman–Crippen LogP) is -0.335. The summed E-state index contributed by atoms with van der Waals surface area (Å²) >= 11 is 0. The molecule has 0 unspecified atom stereocenters. The highest BCUT2D eigenvalue weighted by Crippen LogP contribution is 2.25. The zero-order valence-electron chi connectivity index (χ0n) is 6.38. The Kier molecular flexibility index (Phi) is 3.52. The van der Waals surface area contributed by atoms with Crippen molar-refractivity contribution in [2.75, 3.05) is 0 Å². The van der Waals surface area contributed by atoms with Gasteiger partial charge in [0, 0.05) is 0 Å². The number of nitrogens with zero attached hydrogens (tertiary/aromatic N) is 1. The van der Waals surface area contributed by atoms with Crippen LogP contribution in [-0.4, -0.2) is 29.3 Å². The highest BCUT2D eigenvalue weighted by atomic mass is 19.4. The Hall–Kier alpha value is -1.47. The molecular weight excluding hydrogens is 191 g/mol. The van der Waals surface area contributed by atoms with Crippen molar-refractivity contribution in [3.8, 4) is 0 Å². The number of hydrogen-bond acceptors (Lipinski definition) is 2. The first-order chi connectivity index (χ1) is 5.73. The third kappa shape index (κ3) is 4.88. The van der Waals surface area contributed by atoms with Crippen LogP contribution in [0.25, 0.3) is 0 Å². The lowest BCUT2D eigenvalue weighted by atomic mass is 10.2. The molecule has 0 heterocycles. The van der Waals surface area contributed by atoms with E-state index in [1.807, 2.05) is 0 Å². The van der Waals surface area contributed by atoms with Gasteiger partial charge in [0.2, 0.25) is 0 Å². The number of guanidine groups is 1. The molecule has 0 amide bonds.